The van der Waals surface area contributed by atoms with Gasteiger partial charge in [0.05, 0.1) is 6.54 Å². The van der Waals surface area contributed by atoms with Gasteiger partial charge in [-0.1, -0.05) is 65.5 Å². The summed E-state index contributed by atoms with van der Waals surface area (Å²) in [5, 5.41) is 0. The smallest absolute Gasteiger partial charge is 0.320 e. The average Bonchev–Trinajstić information content (AvgIpc) is 3.10. The van der Waals surface area contributed by atoms with E-state index in [4.69, 9.17) is 4.74 Å². The van der Waals surface area contributed by atoms with Gasteiger partial charge >= 0.3 is 5.97 Å². The number of nitrogens with zero attached hydrogens (tertiary/aromatic N) is 1. The van der Waals surface area contributed by atoms with Gasteiger partial charge in [-0.05, 0) is 105 Å². The Balaban J connectivity index is 1.42. The highest BCUT2D eigenvalue weighted by atomic mass is 16.5. The molecular formula is C31H53NO2. The fourth-order valence-corrected chi connectivity index (χ4v) is 9.23. The molecule has 0 aromatic heterocycles. The molecule has 8 atom stereocenters. The minimum Gasteiger partial charge on any atom is -0.461 e. The van der Waals surface area contributed by atoms with Crippen molar-refractivity contribution in [2.75, 3.05) is 20.6 Å². The lowest BCUT2D eigenvalue weighted by Gasteiger charge is -2.58. The molecule has 0 saturated heterocycles. The number of likely N-dealkylation sites (N-methyl/N-ethyl adjacent to an activating group) is 1. The van der Waals surface area contributed by atoms with E-state index in [-0.39, 0.29) is 12.1 Å². The SMILES string of the molecule is CC(C)CCC[C@@H](C)[C@H]1CCC2C3CC=C4CC(OC(=O)CN(C)C)CC[C@]4(C)C3CC[C@@]21C. The summed E-state index contributed by atoms with van der Waals surface area (Å²) in [5.74, 6) is 5.19. The maximum atomic E-state index is 12.3. The summed E-state index contributed by atoms with van der Waals surface area (Å²) < 4.78 is 5.88. The lowest BCUT2D eigenvalue weighted by atomic mass is 9.47. The minimum atomic E-state index is -0.0687. The highest BCUT2D eigenvalue weighted by molar-refractivity contribution is 5.71. The molecule has 3 saturated carbocycles. The summed E-state index contributed by atoms with van der Waals surface area (Å²) in [7, 11) is 3.86. The van der Waals surface area contributed by atoms with E-state index in [1.807, 2.05) is 19.0 Å². The average molecular weight is 472 g/mol. The van der Waals surface area contributed by atoms with Crippen LogP contribution in [0, 0.1) is 46.3 Å². The van der Waals surface area contributed by atoms with Gasteiger partial charge in [0.1, 0.15) is 6.10 Å². The van der Waals surface area contributed by atoms with Crippen molar-refractivity contribution in [3.05, 3.63) is 11.6 Å². The van der Waals surface area contributed by atoms with Gasteiger partial charge < -0.3 is 4.74 Å². The van der Waals surface area contributed by atoms with Crippen LogP contribution in [0.3, 0.4) is 0 Å². The van der Waals surface area contributed by atoms with E-state index in [2.05, 4.69) is 40.7 Å². The summed E-state index contributed by atoms with van der Waals surface area (Å²) in [4.78, 5) is 14.2. The van der Waals surface area contributed by atoms with Crippen molar-refractivity contribution in [3.63, 3.8) is 0 Å². The molecule has 0 bridgehead atoms. The standard InChI is InChI=1S/C31H53NO2/c1-21(2)9-8-10-22(3)26-13-14-27-25-12-11-23-19-24(34-29(33)20-32(6)7)15-17-30(23,4)28(25)16-18-31(26,27)5/h11,21-22,24-28H,8-10,12-20H2,1-7H3/t22-,24?,25?,26-,27?,28?,30+,31-/m1/s1. The molecule has 0 aliphatic heterocycles. The Labute approximate surface area is 210 Å². The van der Waals surface area contributed by atoms with E-state index in [0.717, 1.165) is 48.3 Å². The maximum Gasteiger partial charge on any atom is 0.320 e. The minimum absolute atomic E-state index is 0.0687. The number of hydrogen-bond donors (Lipinski definition) is 0. The van der Waals surface area contributed by atoms with Crippen molar-refractivity contribution in [1.29, 1.82) is 0 Å². The van der Waals surface area contributed by atoms with E-state index < -0.39 is 0 Å². The van der Waals surface area contributed by atoms with E-state index in [1.165, 1.54) is 57.8 Å². The zero-order valence-corrected chi connectivity index (χ0v) is 23.4. The van der Waals surface area contributed by atoms with Gasteiger partial charge in [0, 0.05) is 6.42 Å². The predicted octanol–water partition coefficient (Wildman–Crippen LogP) is 7.50. The molecule has 3 nitrogen and oxygen atoms in total. The second-order valence-corrected chi connectivity index (χ2v) is 13.9. The van der Waals surface area contributed by atoms with E-state index >= 15 is 0 Å². The van der Waals surface area contributed by atoms with E-state index in [9.17, 15) is 4.79 Å². The lowest BCUT2D eigenvalue weighted by Crippen LogP contribution is -2.51. The molecule has 3 fully saturated rings. The first kappa shape index (κ1) is 26.2. The second-order valence-electron chi connectivity index (χ2n) is 13.9. The van der Waals surface area contributed by atoms with Crippen molar-refractivity contribution in [3.8, 4) is 0 Å². The van der Waals surface area contributed by atoms with Crippen LogP contribution in [0.5, 0.6) is 0 Å². The number of ether oxygens (including phenoxy) is 1. The van der Waals surface area contributed by atoms with Crippen LogP contribution in [-0.4, -0.2) is 37.6 Å². The summed E-state index contributed by atoms with van der Waals surface area (Å²) in [6.07, 6.45) is 17.1. The number of carbonyl (C=O) groups is 1. The van der Waals surface area contributed by atoms with Crippen molar-refractivity contribution >= 4 is 5.97 Å². The number of hydrogen-bond acceptors (Lipinski definition) is 3. The zero-order chi connectivity index (χ0) is 24.7. The van der Waals surface area contributed by atoms with Crippen LogP contribution in [0.2, 0.25) is 0 Å². The maximum absolute atomic E-state index is 12.3. The van der Waals surface area contributed by atoms with E-state index in [1.54, 1.807) is 5.57 Å². The monoisotopic (exact) mass is 471 g/mol. The number of fused-ring (bicyclic) bond motifs is 5. The third-order valence-corrected chi connectivity index (χ3v) is 11.0. The molecule has 34 heavy (non-hydrogen) atoms. The van der Waals surface area contributed by atoms with Gasteiger partial charge in [0.15, 0.2) is 0 Å². The summed E-state index contributed by atoms with van der Waals surface area (Å²) in [6, 6.07) is 0. The van der Waals surface area contributed by atoms with Crippen LogP contribution in [0.25, 0.3) is 0 Å². The molecule has 4 unspecified atom stereocenters. The first-order valence-corrected chi connectivity index (χ1v) is 14.6. The van der Waals surface area contributed by atoms with Crippen molar-refractivity contribution in [2.24, 2.45) is 46.3 Å². The molecule has 4 aliphatic carbocycles. The molecule has 0 amide bonds. The Bertz CT molecular complexity index is 757. The molecule has 4 rings (SSSR count). The number of esters is 1. The molecular weight excluding hydrogens is 418 g/mol. The first-order valence-electron chi connectivity index (χ1n) is 14.6. The first-order chi connectivity index (χ1) is 16.0. The van der Waals surface area contributed by atoms with Crippen molar-refractivity contribution < 1.29 is 9.53 Å². The fourth-order valence-electron chi connectivity index (χ4n) is 9.23. The Morgan fingerprint density at radius 3 is 2.53 bits per heavy atom. The largest absolute Gasteiger partial charge is 0.461 e. The topological polar surface area (TPSA) is 29.5 Å². The number of allylic oxidation sites excluding steroid dienone is 1. The Morgan fingerprint density at radius 2 is 1.82 bits per heavy atom. The van der Waals surface area contributed by atoms with Crippen LogP contribution in [0.1, 0.15) is 105 Å². The normalized spacial score (nSPS) is 40.4. The van der Waals surface area contributed by atoms with Crippen molar-refractivity contribution in [2.45, 2.75) is 111 Å². The van der Waals surface area contributed by atoms with Gasteiger partial charge in [0.2, 0.25) is 0 Å². The quantitative estimate of drug-likeness (QED) is 0.271. The molecule has 194 valence electrons. The van der Waals surface area contributed by atoms with Crippen LogP contribution in [-0.2, 0) is 9.53 Å². The number of rotatable bonds is 8. The Morgan fingerprint density at radius 1 is 1.06 bits per heavy atom. The van der Waals surface area contributed by atoms with E-state index in [0.29, 0.717) is 17.4 Å². The Kier molecular flexibility index (Phi) is 7.92. The second kappa shape index (κ2) is 10.3. The summed E-state index contributed by atoms with van der Waals surface area (Å²) in [5.41, 5.74) is 2.50. The third kappa shape index (κ3) is 5.02. The van der Waals surface area contributed by atoms with Crippen molar-refractivity contribution in [1.82, 2.24) is 4.90 Å². The third-order valence-electron chi connectivity index (χ3n) is 11.0. The molecule has 0 aromatic carbocycles. The highest BCUT2D eigenvalue weighted by Crippen LogP contribution is 2.67. The number of carbonyl (C=O) groups excluding carboxylic acids is 1. The van der Waals surface area contributed by atoms with Gasteiger partial charge in [-0.15, -0.1) is 0 Å². The molecule has 0 spiro atoms. The molecule has 0 N–H and O–H groups in total. The molecule has 4 aliphatic rings. The zero-order valence-electron chi connectivity index (χ0n) is 23.4. The summed E-state index contributed by atoms with van der Waals surface area (Å²) >= 11 is 0. The van der Waals surface area contributed by atoms with Crippen LogP contribution in [0.15, 0.2) is 11.6 Å². The molecule has 0 radical (unpaired) electrons. The summed E-state index contributed by atoms with van der Waals surface area (Å²) in [6.45, 7) is 12.9. The predicted molar refractivity (Wildman–Crippen MR) is 141 cm³/mol. The van der Waals surface area contributed by atoms with Gasteiger partial charge in [-0.2, -0.15) is 0 Å². The lowest BCUT2D eigenvalue weighted by molar-refractivity contribution is -0.152. The van der Waals surface area contributed by atoms with Gasteiger partial charge in [-0.3, -0.25) is 9.69 Å². The van der Waals surface area contributed by atoms with Gasteiger partial charge in [-0.25, -0.2) is 0 Å². The van der Waals surface area contributed by atoms with Gasteiger partial charge in [0.25, 0.3) is 0 Å². The fraction of sp³-hybridized carbons (Fsp3) is 0.903. The Hall–Kier alpha value is -0.830. The van der Waals surface area contributed by atoms with Crippen LogP contribution in [0.4, 0.5) is 0 Å². The molecule has 0 aromatic rings. The molecule has 3 heteroatoms. The van der Waals surface area contributed by atoms with Crippen LogP contribution < -0.4 is 0 Å². The highest BCUT2D eigenvalue weighted by Gasteiger charge is 2.59. The van der Waals surface area contributed by atoms with Crippen LogP contribution >= 0.6 is 0 Å². The molecule has 0 heterocycles.